The number of hydrogen-bond donors (Lipinski definition) is 0. The van der Waals surface area contributed by atoms with Gasteiger partial charge in [-0.1, -0.05) is 258 Å². The second-order valence-electron chi connectivity index (χ2n) is 23.1. The van der Waals surface area contributed by atoms with Gasteiger partial charge < -0.3 is 0 Å². The molecule has 3 aliphatic rings. The standard InChI is InChI=1S/C78H54/c1-77(2)70-43-52(47-25-29-49(30-26-47)56-41-42-69-58-18-9-8-17-57(58)64-24-14-23-63(56)76(64)69)33-37-59(70)61-39-35-54(45-72(61)77)55-36-40-62-60-38-34-53(44-71(60)78(3,4)73(62)46-55)48-27-31-51(32-28-48)75-67-21-12-10-19-65(67)74(50-15-6-5-7-16-50)66-20-11-13-22-68(66)75/h5-46H,1-4H3. The molecule has 0 bridgehead atoms. The summed E-state index contributed by atoms with van der Waals surface area (Å²) in [5.41, 5.74) is 31.0. The minimum atomic E-state index is -0.169. The van der Waals surface area contributed by atoms with Gasteiger partial charge in [0, 0.05) is 10.8 Å². The van der Waals surface area contributed by atoms with Crippen LogP contribution in [0.4, 0.5) is 0 Å². The summed E-state index contributed by atoms with van der Waals surface area (Å²) in [4.78, 5) is 0. The van der Waals surface area contributed by atoms with E-state index in [9.17, 15) is 0 Å². The van der Waals surface area contributed by atoms with Crippen molar-refractivity contribution in [2.45, 2.75) is 38.5 Å². The Labute approximate surface area is 456 Å². The van der Waals surface area contributed by atoms with Crippen molar-refractivity contribution in [3.05, 3.63) is 277 Å². The fourth-order valence-corrected chi connectivity index (χ4v) is 14.3. The molecule has 13 aromatic rings. The van der Waals surface area contributed by atoms with E-state index in [1.54, 1.807) is 0 Å². The molecule has 0 heteroatoms. The highest BCUT2D eigenvalue weighted by Crippen LogP contribution is 2.55. The van der Waals surface area contributed by atoms with Gasteiger partial charge in [0.25, 0.3) is 0 Å². The van der Waals surface area contributed by atoms with E-state index < -0.39 is 0 Å². The molecule has 0 saturated heterocycles. The second kappa shape index (κ2) is 16.6. The Morgan fingerprint density at radius 3 is 0.936 bits per heavy atom. The van der Waals surface area contributed by atoms with Crippen molar-refractivity contribution in [1.29, 1.82) is 0 Å². The molecule has 3 aliphatic carbocycles. The second-order valence-corrected chi connectivity index (χ2v) is 23.1. The Kier molecular flexibility index (Phi) is 9.54. The van der Waals surface area contributed by atoms with E-state index in [4.69, 9.17) is 0 Å². The third-order valence-corrected chi connectivity index (χ3v) is 18.3. The van der Waals surface area contributed by atoms with E-state index in [1.165, 1.54) is 166 Å². The first-order chi connectivity index (χ1) is 38.2. The molecule has 0 radical (unpaired) electrons. The first-order valence-electron chi connectivity index (χ1n) is 27.6. The maximum Gasteiger partial charge on any atom is 0.0159 e. The summed E-state index contributed by atoms with van der Waals surface area (Å²) in [6, 6.07) is 96.1. The SMILES string of the molecule is CC1(C)c2cc(-c3ccc(-c4c5ccccc5c(-c5ccccc5)c5ccccc45)cc3)ccc2-c2ccc(-c3ccc4c(c3)C(C)(C)c3cc(-c5ccc(-c6ccc7c8c(cccc68)-c6ccccc6-7)cc5)ccc3-4)cc21. The summed E-state index contributed by atoms with van der Waals surface area (Å²) in [6.07, 6.45) is 0. The van der Waals surface area contributed by atoms with Gasteiger partial charge in [0.15, 0.2) is 0 Å². The van der Waals surface area contributed by atoms with E-state index >= 15 is 0 Å². The molecule has 0 aromatic heterocycles. The average Bonchev–Trinajstić information content (AvgIpc) is 4.19. The quantitative estimate of drug-likeness (QED) is 0.146. The topological polar surface area (TPSA) is 0 Å². The summed E-state index contributed by atoms with van der Waals surface area (Å²) in [5.74, 6) is 0. The molecule has 0 saturated carbocycles. The van der Waals surface area contributed by atoms with Crippen LogP contribution < -0.4 is 0 Å². The van der Waals surface area contributed by atoms with E-state index in [2.05, 4.69) is 282 Å². The van der Waals surface area contributed by atoms with Crippen LogP contribution in [0.25, 0.3) is 144 Å². The Balaban J connectivity index is 0.678. The zero-order chi connectivity index (χ0) is 52.0. The van der Waals surface area contributed by atoms with Gasteiger partial charge in [-0.15, -0.1) is 0 Å². The van der Waals surface area contributed by atoms with Crippen molar-refractivity contribution in [2.75, 3.05) is 0 Å². The van der Waals surface area contributed by atoms with Gasteiger partial charge in [0.05, 0.1) is 0 Å². The van der Waals surface area contributed by atoms with Gasteiger partial charge in [-0.05, 0) is 190 Å². The summed E-state index contributed by atoms with van der Waals surface area (Å²) in [7, 11) is 0. The van der Waals surface area contributed by atoms with Gasteiger partial charge in [-0.3, -0.25) is 0 Å². The molecule has 78 heavy (non-hydrogen) atoms. The highest BCUT2D eigenvalue weighted by Gasteiger charge is 2.38. The predicted octanol–water partition coefficient (Wildman–Crippen LogP) is 21.4. The summed E-state index contributed by atoms with van der Waals surface area (Å²) in [5, 5.41) is 7.79. The molecule has 366 valence electrons. The fraction of sp³-hybridized carbons (Fsp3) is 0.0769. The van der Waals surface area contributed by atoms with Crippen LogP contribution >= 0.6 is 0 Å². The van der Waals surface area contributed by atoms with Crippen LogP contribution in [0.5, 0.6) is 0 Å². The maximum atomic E-state index is 2.47. The Morgan fingerprint density at radius 1 is 0.192 bits per heavy atom. The van der Waals surface area contributed by atoms with Crippen molar-refractivity contribution < 1.29 is 0 Å². The van der Waals surface area contributed by atoms with Gasteiger partial charge >= 0.3 is 0 Å². The highest BCUT2D eigenvalue weighted by atomic mass is 14.4. The van der Waals surface area contributed by atoms with Crippen LogP contribution in [0, 0.1) is 0 Å². The van der Waals surface area contributed by atoms with Crippen molar-refractivity contribution in [3.63, 3.8) is 0 Å². The minimum absolute atomic E-state index is 0.158. The van der Waals surface area contributed by atoms with E-state index in [1.807, 2.05) is 0 Å². The lowest BCUT2D eigenvalue weighted by atomic mass is 9.79. The van der Waals surface area contributed by atoms with Gasteiger partial charge in [0.2, 0.25) is 0 Å². The molecule has 0 aliphatic heterocycles. The minimum Gasteiger partial charge on any atom is -0.0622 e. The average molecular weight is 991 g/mol. The van der Waals surface area contributed by atoms with Crippen LogP contribution in [0.3, 0.4) is 0 Å². The van der Waals surface area contributed by atoms with Crippen LogP contribution in [-0.2, 0) is 10.8 Å². The molecule has 0 atom stereocenters. The summed E-state index contributed by atoms with van der Waals surface area (Å²) >= 11 is 0. The molecule has 0 spiro atoms. The van der Waals surface area contributed by atoms with Crippen LogP contribution in [0.2, 0.25) is 0 Å². The largest absolute Gasteiger partial charge is 0.0622 e. The molecule has 0 amide bonds. The zero-order valence-corrected chi connectivity index (χ0v) is 44.2. The Morgan fingerprint density at radius 2 is 0.487 bits per heavy atom. The Bertz CT molecular complexity index is 4590. The first-order valence-corrected chi connectivity index (χ1v) is 27.6. The van der Waals surface area contributed by atoms with Gasteiger partial charge in [0.1, 0.15) is 0 Å². The van der Waals surface area contributed by atoms with E-state index in [-0.39, 0.29) is 10.8 Å². The van der Waals surface area contributed by atoms with Crippen molar-refractivity contribution >= 4 is 32.3 Å². The zero-order valence-electron chi connectivity index (χ0n) is 44.2. The lowest BCUT2D eigenvalue weighted by molar-refractivity contribution is 0.660. The third kappa shape index (κ3) is 6.47. The van der Waals surface area contributed by atoms with Gasteiger partial charge in [-0.2, -0.15) is 0 Å². The predicted molar refractivity (Wildman–Crippen MR) is 331 cm³/mol. The summed E-state index contributed by atoms with van der Waals surface area (Å²) < 4.78 is 0. The molecular formula is C78H54. The third-order valence-electron chi connectivity index (χ3n) is 18.3. The number of hydrogen-bond acceptors (Lipinski definition) is 0. The molecule has 16 rings (SSSR count). The van der Waals surface area contributed by atoms with Crippen molar-refractivity contribution in [3.8, 4) is 111 Å². The molecule has 0 heterocycles. The number of rotatable bonds is 6. The van der Waals surface area contributed by atoms with Crippen LogP contribution in [0.15, 0.2) is 255 Å². The highest BCUT2D eigenvalue weighted by molar-refractivity contribution is 6.22. The normalized spacial score (nSPS) is 13.8. The lowest BCUT2D eigenvalue weighted by Gasteiger charge is -2.24. The van der Waals surface area contributed by atoms with E-state index in [0.29, 0.717) is 0 Å². The first kappa shape index (κ1) is 44.9. The molecule has 0 fully saturated rings. The lowest BCUT2D eigenvalue weighted by Crippen LogP contribution is -2.15. The number of benzene rings is 13. The number of fused-ring (bicyclic) bond motifs is 11. The van der Waals surface area contributed by atoms with Crippen LogP contribution in [0.1, 0.15) is 49.9 Å². The van der Waals surface area contributed by atoms with E-state index in [0.717, 1.165) is 0 Å². The molecule has 0 N–H and O–H groups in total. The van der Waals surface area contributed by atoms with Crippen molar-refractivity contribution in [1.82, 2.24) is 0 Å². The smallest absolute Gasteiger partial charge is 0.0159 e. The fourth-order valence-electron chi connectivity index (χ4n) is 14.3. The van der Waals surface area contributed by atoms with Gasteiger partial charge in [-0.25, -0.2) is 0 Å². The summed E-state index contributed by atoms with van der Waals surface area (Å²) in [6.45, 7) is 9.63. The van der Waals surface area contributed by atoms with Crippen LogP contribution in [-0.4, -0.2) is 0 Å². The molecule has 13 aromatic carbocycles. The molecular weight excluding hydrogens is 937 g/mol. The molecule has 0 unspecified atom stereocenters. The Hall–Kier alpha value is -9.36. The maximum absolute atomic E-state index is 2.47. The van der Waals surface area contributed by atoms with Crippen molar-refractivity contribution in [2.24, 2.45) is 0 Å². The monoisotopic (exact) mass is 990 g/mol. The molecule has 0 nitrogen and oxygen atoms in total.